The Morgan fingerprint density at radius 2 is 1.77 bits per heavy atom. The Hall–Kier alpha value is -1.83. The van der Waals surface area contributed by atoms with Crippen LogP contribution in [0.25, 0.3) is 12.2 Å². The van der Waals surface area contributed by atoms with E-state index in [1.807, 2.05) is 24.3 Å². The fraction of sp³-hybridized carbons (Fsp3) is 0. The van der Waals surface area contributed by atoms with Crippen molar-refractivity contribution in [2.24, 2.45) is 0 Å². The Bertz CT molecular complexity index is 334. The van der Waals surface area contributed by atoms with Gasteiger partial charge in [-0.3, -0.25) is 0 Å². The van der Waals surface area contributed by atoms with Crippen molar-refractivity contribution in [2.45, 2.75) is 0 Å². The van der Waals surface area contributed by atoms with E-state index >= 15 is 0 Å². The summed E-state index contributed by atoms with van der Waals surface area (Å²) in [5.74, 6) is -0.937. The van der Waals surface area contributed by atoms with E-state index in [0.717, 1.165) is 17.2 Å². The van der Waals surface area contributed by atoms with Crippen LogP contribution in [0.2, 0.25) is 0 Å². The summed E-state index contributed by atoms with van der Waals surface area (Å²) < 4.78 is 0. The van der Waals surface area contributed by atoms with E-state index in [1.165, 1.54) is 0 Å². The minimum Gasteiger partial charge on any atom is -0.478 e. The summed E-state index contributed by atoms with van der Waals surface area (Å²) in [5.41, 5.74) is 1.89. The zero-order valence-electron chi connectivity index (χ0n) is 7.10. The van der Waals surface area contributed by atoms with Crippen molar-refractivity contribution in [2.75, 3.05) is 0 Å². The molecular formula is C11H10O2. The van der Waals surface area contributed by atoms with Crippen molar-refractivity contribution >= 4 is 18.1 Å². The molecule has 13 heavy (non-hydrogen) atoms. The second-order valence-corrected chi connectivity index (χ2v) is 2.54. The number of hydrogen-bond acceptors (Lipinski definition) is 1. The van der Waals surface area contributed by atoms with E-state index in [-0.39, 0.29) is 0 Å². The van der Waals surface area contributed by atoms with Gasteiger partial charge in [0.15, 0.2) is 0 Å². The van der Waals surface area contributed by atoms with Crippen LogP contribution in [0.15, 0.2) is 36.9 Å². The van der Waals surface area contributed by atoms with Crippen molar-refractivity contribution in [3.8, 4) is 0 Å². The minimum atomic E-state index is -0.937. The van der Waals surface area contributed by atoms with Crippen molar-refractivity contribution in [3.05, 3.63) is 48.0 Å². The smallest absolute Gasteiger partial charge is 0.328 e. The summed E-state index contributed by atoms with van der Waals surface area (Å²) in [7, 11) is 0. The molecule has 0 saturated heterocycles. The molecule has 2 nitrogen and oxygen atoms in total. The fourth-order valence-corrected chi connectivity index (χ4v) is 0.911. The lowest BCUT2D eigenvalue weighted by Gasteiger charge is -1.93. The summed E-state index contributed by atoms with van der Waals surface area (Å²) >= 11 is 0. The molecule has 1 rings (SSSR count). The second-order valence-electron chi connectivity index (χ2n) is 2.54. The van der Waals surface area contributed by atoms with E-state index in [9.17, 15) is 4.79 Å². The van der Waals surface area contributed by atoms with Gasteiger partial charge in [0.1, 0.15) is 0 Å². The zero-order chi connectivity index (χ0) is 9.68. The molecular weight excluding hydrogens is 164 g/mol. The first kappa shape index (κ1) is 9.26. The summed E-state index contributed by atoms with van der Waals surface area (Å²) in [4.78, 5) is 10.2. The standard InChI is InChI=1S/C11H10O2/c1-2-9-3-5-10(6-4-9)7-8-11(12)13/h2-8H,1H2,(H,12,13)/b8-7+. The second kappa shape index (κ2) is 4.26. The lowest BCUT2D eigenvalue weighted by Crippen LogP contribution is -1.85. The summed E-state index contributed by atoms with van der Waals surface area (Å²) in [5, 5.41) is 8.37. The Balaban J connectivity index is 2.80. The quantitative estimate of drug-likeness (QED) is 0.714. The van der Waals surface area contributed by atoms with Crippen LogP contribution in [0.1, 0.15) is 11.1 Å². The molecule has 66 valence electrons. The molecule has 0 aromatic heterocycles. The van der Waals surface area contributed by atoms with Gasteiger partial charge in [0.05, 0.1) is 0 Å². The monoisotopic (exact) mass is 174 g/mol. The Labute approximate surface area is 76.8 Å². The van der Waals surface area contributed by atoms with Gasteiger partial charge >= 0.3 is 5.97 Å². The van der Waals surface area contributed by atoms with Gasteiger partial charge < -0.3 is 5.11 Å². The van der Waals surface area contributed by atoms with Crippen LogP contribution in [0.5, 0.6) is 0 Å². The molecule has 0 aliphatic carbocycles. The molecule has 1 aromatic rings. The molecule has 0 aliphatic heterocycles. The molecule has 0 amide bonds. The van der Waals surface area contributed by atoms with Crippen LogP contribution in [0.4, 0.5) is 0 Å². The fourth-order valence-electron chi connectivity index (χ4n) is 0.911. The number of aliphatic carboxylic acids is 1. The SMILES string of the molecule is C=Cc1ccc(/C=C/C(=O)O)cc1. The van der Waals surface area contributed by atoms with E-state index in [1.54, 1.807) is 12.2 Å². The largest absolute Gasteiger partial charge is 0.478 e. The van der Waals surface area contributed by atoms with Crippen molar-refractivity contribution < 1.29 is 9.90 Å². The lowest BCUT2D eigenvalue weighted by atomic mass is 10.1. The Morgan fingerprint density at radius 3 is 2.23 bits per heavy atom. The average Bonchev–Trinajstić information content (AvgIpc) is 2.15. The van der Waals surface area contributed by atoms with Crippen LogP contribution >= 0.6 is 0 Å². The first-order valence-electron chi connectivity index (χ1n) is 3.86. The highest BCUT2D eigenvalue weighted by molar-refractivity contribution is 5.85. The number of carbonyl (C=O) groups is 1. The van der Waals surface area contributed by atoms with E-state index in [2.05, 4.69) is 6.58 Å². The van der Waals surface area contributed by atoms with E-state index in [0.29, 0.717) is 0 Å². The third kappa shape index (κ3) is 2.95. The number of carboxylic acids is 1. The summed E-state index contributed by atoms with van der Waals surface area (Å²) in [6, 6.07) is 7.45. The number of rotatable bonds is 3. The van der Waals surface area contributed by atoms with Crippen molar-refractivity contribution in [3.63, 3.8) is 0 Å². The van der Waals surface area contributed by atoms with Crippen LogP contribution in [-0.2, 0) is 4.79 Å². The van der Waals surface area contributed by atoms with Gasteiger partial charge in [-0.25, -0.2) is 4.79 Å². The molecule has 1 aromatic carbocycles. The van der Waals surface area contributed by atoms with Gasteiger partial charge in [0.25, 0.3) is 0 Å². The molecule has 0 unspecified atom stereocenters. The maximum Gasteiger partial charge on any atom is 0.328 e. The molecule has 0 spiro atoms. The van der Waals surface area contributed by atoms with Crippen LogP contribution in [0.3, 0.4) is 0 Å². The normalized spacial score (nSPS) is 10.2. The first-order valence-corrected chi connectivity index (χ1v) is 3.86. The summed E-state index contributed by atoms with van der Waals surface area (Å²) in [6.07, 6.45) is 4.41. The number of hydrogen-bond donors (Lipinski definition) is 1. The lowest BCUT2D eigenvalue weighted by molar-refractivity contribution is -0.131. The third-order valence-electron chi connectivity index (χ3n) is 1.59. The maximum atomic E-state index is 10.2. The van der Waals surface area contributed by atoms with Gasteiger partial charge in [-0.05, 0) is 17.2 Å². The highest BCUT2D eigenvalue weighted by Crippen LogP contribution is 2.06. The molecule has 0 heterocycles. The summed E-state index contributed by atoms with van der Waals surface area (Å²) in [6.45, 7) is 3.62. The molecule has 1 N–H and O–H groups in total. The van der Waals surface area contributed by atoms with Gasteiger partial charge in [-0.2, -0.15) is 0 Å². The van der Waals surface area contributed by atoms with Crippen LogP contribution < -0.4 is 0 Å². The van der Waals surface area contributed by atoms with Crippen LogP contribution in [0, 0.1) is 0 Å². The van der Waals surface area contributed by atoms with Gasteiger partial charge in [-0.1, -0.05) is 36.9 Å². The zero-order valence-corrected chi connectivity index (χ0v) is 7.10. The Kier molecular flexibility index (Phi) is 3.03. The molecule has 0 aliphatic rings. The maximum absolute atomic E-state index is 10.2. The predicted molar refractivity (Wildman–Crippen MR) is 53.2 cm³/mol. The van der Waals surface area contributed by atoms with E-state index < -0.39 is 5.97 Å². The number of carboxylic acid groups (broad SMARTS) is 1. The molecule has 0 fully saturated rings. The molecule has 0 bridgehead atoms. The topological polar surface area (TPSA) is 37.3 Å². The third-order valence-corrected chi connectivity index (χ3v) is 1.59. The Morgan fingerprint density at radius 1 is 1.23 bits per heavy atom. The van der Waals surface area contributed by atoms with Crippen LogP contribution in [-0.4, -0.2) is 11.1 Å². The van der Waals surface area contributed by atoms with Crippen molar-refractivity contribution in [1.82, 2.24) is 0 Å². The predicted octanol–water partition coefficient (Wildman–Crippen LogP) is 2.43. The number of benzene rings is 1. The van der Waals surface area contributed by atoms with Gasteiger partial charge in [-0.15, -0.1) is 0 Å². The minimum absolute atomic E-state index is 0.869. The molecule has 0 radical (unpaired) electrons. The highest BCUT2D eigenvalue weighted by Gasteiger charge is 1.89. The van der Waals surface area contributed by atoms with Gasteiger partial charge in [0.2, 0.25) is 0 Å². The molecule has 0 saturated carbocycles. The first-order chi connectivity index (χ1) is 6.22. The van der Waals surface area contributed by atoms with Crippen molar-refractivity contribution in [1.29, 1.82) is 0 Å². The van der Waals surface area contributed by atoms with E-state index in [4.69, 9.17) is 5.11 Å². The molecule has 0 atom stereocenters. The molecule has 2 heteroatoms. The highest BCUT2D eigenvalue weighted by atomic mass is 16.4. The average molecular weight is 174 g/mol. The van der Waals surface area contributed by atoms with Gasteiger partial charge in [0, 0.05) is 6.08 Å².